The molecule has 1 unspecified atom stereocenters. The summed E-state index contributed by atoms with van der Waals surface area (Å²) >= 11 is 0. The predicted molar refractivity (Wildman–Crippen MR) is 144 cm³/mol. The van der Waals surface area contributed by atoms with Crippen LogP contribution in [0.4, 0.5) is 5.95 Å². The van der Waals surface area contributed by atoms with E-state index < -0.39 is 50.1 Å². The highest BCUT2D eigenvalue weighted by Crippen LogP contribution is 2.51. The van der Waals surface area contributed by atoms with Crippen molar-refractivity contribution in [2.75, 3.05) is 18.5 Å². The molecule has 4 rings (SSSR count). The quantitative estimate of drug-likeness (QED) is 0.183. The minimum Gasteiger partial charge on any atom is -0.463 e. The van der Waals surface area contributed by atoms with Gasteiger partial charge in [-0.15, -0.1) is 5.92 Å². The number of para-hydroxylation sites is 1. The van der Waals surface area contributed by atoms with E-state index in [1.165, 1.54) is 24.0 Å². The Kier molecular flexibility index (Phi) is 8.77. The maximum absolute atomic E-state index is 13.9. The molecule has 40 heavy (non-hydrogen) atoms. The van der Waals surface area contributed by atoms with E-state index in [2.05, 4.69) is 26.8 Å². The number of aromatic nitrogens is 4. The zero-order chi connectivity index (χ0) is 29.1. The molecule has 1 aromatic carbocycles. The number of aliphatic hydroxyl groups excluding tert-OH is 1. The van der Waals surface area contributed by atoms with Crippen molar-refractivity contribution in [3.8, 4) is 17.6 Å². The topological polar surface area (TPSA) is 181 Å². The molecule has 1 aliphatic heterocycles. The Balaban J connectivity index is 1.59. The van der Waals surface area contributed by atoms with Crippen molar-refractivity contribution in [1.82, 2.24) is 19.5 Å². The third-order valence-electron chi connectivity index (χ3n) is 6.07. The number of hydrogen-bond acceptors (Lipinski definition) is 12. The number of fused-ring (bicyclic) bond motifs is 1. The highest BCUT2D eigenvalue weighted by Gasteiger charge is 2.56. The molecule has 3 heterocycles. The van der Waals surface area contributed by atoms with Gasteiger partial charge in [-0.05, 0) is 32.9 Å². The molecular formula is C26H32N5O8P. The number of aliphatic hydroxyl groups is 2. The van der Waals surface area contributed by atoms with Gasteiger partial charge in [0.15, 0.2) is 17.5 Å². The number of anilines is 1. The van der Waals surface area contributed by atoms with Crippen molar-refractivity contribution in [3.05, 3.63) is 42.9 Å². The van der Waals surface area contributed by atoms with Gasteiger partial charge in [0.1, 0.15) is 23.5 Å². The van der Waals surface area contributed by atoms with Gasteiger partial charge in [-0.2, -0.15) is 4.98 Å². The van der Waals surface area contributed by atoms with E-state index in [4.69, 9.17) is 24.3 Å². The summed E-state index contributed by atoms with van der Waals surface area (Å²) in [6.45, 7) is 6.00. The van der Waals surface area contributed by atoms with Crippen LogP contribution in [-0.2, 0) is 23.4 Å². The van der Waals surface area contributed by atoms with Crippen LogP contribution in [0.15, 0.2) is 42.9 Å². The molecule has 0 amide bonds. The lowest BCUT2D eigenvalue weighted by atomic mass is 9.94. The molecule has 0 bridgehead atoms. The van der Waals surface area contributed by atoms with E-state index in [1.54, 1.807) is 51.1 Å². The van der Waals surface area contributed by atoms with Crippen molar-refractivity contribution in [3.63, 3.8) is 0 Å². The van der Waals surface area contributed by atoms with Crippen LogP contribution in [-0.4, -0.2) is 72.4 Å². The van der Waals surface area contributed by atoms with Crippen molar-refractivity contribution in [2.45, 2.75) is 57.8 Å². The van der Waals surface area contributed by atoms with Gasteiger partial charge < -0.3 is 29.9 Å². The van der Waals surface area contributed by atoms with Gasteiger partial charge in [0.25, 0.3) is 0 Å². The highest BCUT2D eigenvalue weighted by atomic mass is 31.2. The fourth-order valence-electron chi connectivity index (χ4n) is 4.23. The van der Waals surface area contributed by atoms with E-state index in [9.17, 15) is 19.6 Å². The summed E-state index contributed by atoms with van der Waals surface area (Å²) in [5, 5.41) is 22.6. The zero-order valence-corrected chi connectivity index (χ0v) is 23.4. The fraction of sp³-hybridized carbons (Fsp3) is 0.462. The second-order valence-corrected chi connectivity index (χ2v) is 11.7. The highest BCUT2D eigenvalue weighted by molar-refractivity contribution is 7.54. The monoisotopic (exact) mass is 573 g/mol. The predicted octanol–water partition coefficient (Wildman–Crippen LogP) is 2.30. The summed E-state index contributed by atoms with van der Waals surface area (Å²) in [7, 11) is -4.02. The van der Waals surface area contributed by atoms with Gasteiger partial charge in [-0.25, -0.2) is 14.5 Å². The minimum atomic E-state index is -4.02. The van der Waals surface area contributed by atoms with Gasteiger partial charge >= 0.3 is 13.6 Å². The second kappa shape index (κ2) is 11.9. The van der Waals surface area contributed by atoms with Crippen LogP contribution in [0.25, 0.3) is 11.2 Å². The molecule has 2 aromatic heterocycles. The number of nitrogen functional groups attached to an aromatic ring is 1. The van der Waals surface area contributed by atoms with Crippen LogP contribution < -0.4 is 10.3 Å². The van der Waals surface area contributed by atoms with Gasteiger partial charge in [0, 0.05) is 0 Å². The normalized spacial score (nSPS) is 24.7. The Morgan fingerprint density at radius 2 is 2.00 bits per heavy atom. The maximum Gasteiger partial charge on any atom is 0.380 e. The standard InChI is InChI=1S/C26H32N5O8P/c1-5-11-26(34)21(32)20(38-24(26)31-15-29-19-12-28-25(27)30-22(19)31)13-36-40(35,39-18-9-7-6-8-10-18)14-17(4)23(33)37-16(2)3/h6-10,12,15-17,20-21,24,32,34H,13-14H2,1-4H3,(H2,27,28,30)/t17-,20-,21+,24-,26?,40+/m1/s1. The van der Waals surface area contributed by atoms with Crippen molar-refractivity contribution < 1.29 is 38.1 Å². The van der Waals surface area contributed by atoms with Crippen LogP contribution >= 0.6 is 7.60 Å². The number of rotatable bonds is 10. The number of ether oxygens (including phenoxy) is 2. The summed E-state index contributed by atoms with van der Waals surface area (Å²) in [4.78, 5) is 24.7. The number of carbonyl (C=O) groups is 1. The zero-order valence-electron chi connectivity index (χ0n) is 22.5. The average Bonchev–Trinajstić information content (AvgIpc) is 3.41. The molecule has 1 saturated heterocycles. The van der Waals surface area contributed by atoms with Crippen molar-refractivity contribution >= 4 is 30.7 Å². The number of nitrogens with two attached hydrogens (primary N) is 1. The SMILES string of the molecule is CC#CC1(O)[C@@H](O)[C@@H](CO[P@@](=O)(C[C@@H](C)C(=O)OC(C)C)Oc2ccccc2)O[C@H]1n1cnc2cnc(N)nc21. The molecular weight excluding hydrogens is 541 g/mol. The molecule has 1 fully saturated rings. The van der Waals surface area contributed by atoms with Crippen LogP contribution in [0.3, 0.4) is 0 Å². The molecule has 6 atom stereocenters. The smallest absolute Gasteiger partial charge is 0.380 e. The Morgan fingerprint density at radius 1 is 1.27 bits per heavy atom. The number of carbonyl (C=O) groups excluding carboxylic acids is 1. The number of esters is 1. The first-order valence-corrected chi connectivity index (χ1v) is 14.3. The Morgan fingerprint density at radius 3 is 2.67 bits per heavy atom. The van der Waals surface area contributed by atoms with E-state index in [-0.39, 0.29) is 29.6 Å². The Bertz CT molecular complexity index is 1460. The molecule has 14 heteroatoms. The molecule has 0 aliphatic carbocycles. The fourth-order valence-corrected chi connectivity index (χ4v) is 6.10. The molecule has 0 saturated carbocycles. The van der Waals surface area contributed by atoms with Crippen LogP contribution in [0.2, 0.25) is 0 Å². The van der Waals surface area contributed by atoms with Gasteiger partial charge in [0.05, 0.1) is 37.3 Å². The van der Waals surface area contributed by atoms with E-state index in [0.717, 1.165) is 0 Å². The number of hydrogen-bond donors (Lipinski definition) is 3. The first-order chi connectivity index (χ1) is 19.0. The number of imidazole rings is 1. The number of benzene rings is 1. The molecule has 0 spiro atoms. The summed E-state index contributed by atoms with van der Waals surface area (Å²) in [6.07, 6.45) is -1.99. The minimum absolute atomic E-state index is 0.0260. The molecule has 0 radical (unpaired) electrons. The van der Waals surface area contributed by atoms with Gasteiger partial charge in [-0.3, -0.25) is 13.9 Å². The van der Waals surface area contributed by atoms with Crippen LogP contribution in [0.1, 0.15) is 33.9 Å². The lowest BCUT2D eigenvalue weighted by Gasteiger charge is -2.26. The van der Waals surface area contributed by atoms with Crippen molar-refractivity contribution in [1.29, 1.82) is 0 Å². The van der Waals surface area contributed by atoms with E-state index in [1.807, 2.05) is 0 Å². The van der Waals surface area contributed by atoms with Crippen LogP contribution in [0, 0.1) is 17.8 Å². The third-order valence-corrected chi connectivity index (χ3v) is 8.10. The first-order valence-electron chi connectivity index (χ1n) is 12.6. The Hall–Kier alpha value is -3.53. The summed E-state index contributed by atoms with van der Waals surface area (Å²) in [5.74, 6) is 4.06. The third kappa shape index (κ3) is 6.27. The lowest BCUT2D eigenvalue weighted by molar-refractivity contribution is -0.151. The maximum atomic E-state index is 13.9. The second-order valence-electron chi connectivity index (χ2n) is 9.64. The molecule has 1 aliphatic rings. The average molecular weight is 574 g/mol. The van der Waals surface area contributed by atoms with Crippen LogP contribution in [0.5, 0.6) is 5.75 Å². The van der Waals surface area contributed by atoms with Gasteiger partial charge in [0.2, 0.25) is 5.95 Å². The summed E-state index contributed by atoms with van der Waals surface area (Å²) < 4.78 is 38.1. The molecule has 3 aromatic rings. The number of nitrogens with zero attached hydrogens (tertiary/aromatic N) is 4. The van der Waals surface area contributed by atoms with Gasteiger partial charge in [-0.1, -0.05) is 31.0 Å². The van der Waals surface area contributed by atoms with E-state index in [0.29, 0.717) is 5.52 Å². The Labute approximate surface area is 231 Å². The van der Waals surface area contributed by atoms with Crippen molar-refractivity contribution in [2.24, 2.45) is 5.92 Å². The molecule has 4 N–H and O–H groups in total. The first kappa shape index (κ1) is 29.5. The summed E-state index contributed by atoms with van der Waals surface area (Å²) in [5.41, 5.74) is 4.24. The molecule has 214 valence electrons. The summed E-state index contributed by atoms with van der Waals surface area (Å²) in [6, 6.07) is 8.34. The van der Waals surface area contributed by atoms with E-state index >= 15 is 0 Å². The lowest BCUT2D eigenvalue weighted by Crippen LogP contribution is -2.46. The largest absolute Gasteiger partial charge is 0.463 e. The molecule has 13 nitrogen and oxygen atoms in total.